The van der Waals surface area contributed by atoms with Crippen molar-refractivity contribution < 1.29 is 10.0 Å². The second-order valence-corrected chi connectivity index (χ2v) is 4.40. The van der Waals surface area contributed by atoms with Crippen molar-refractivity contribution >= 4 is 17.7 Å². The van der Waals surface area contributed by atoms with E-state index in [-0.39, 0.29) is 16.6 Å². The number of hydrogen-bond acceptors (Lipinski definition) is 3. The molecular formula is C7H15NO2S. The highest BCUT2D eigenvalue weighted by molar-refractivity contribution is 8.00. The van der Waals surface area contributed by atoms with Gasteiger partial charge in [-0.15, -0.1) is 0 Å². The second-order valence-electron chi connectivity index (χ2n) is 3.46. The maximum Gasteiger partial charge on any atom is 0.256 e. The van der Waals surface area contributed by atoms with Gasteiger partial charge in [0.15, 0.2) is 0 Å². The highest BCUT2D eigenvalue weighted by Gasteiger charge is 2.29. The molecule has 0 saturated carbocycles. The van der Waals surface area contributed by atoms with Gasteiger partial charge in [0, 0.05) is 0 Å². The topological polar surface area (TPSA) is 49.3 Å². The van der Waals surface area contributed by atoms with Crippen molar-refractivity contribution in [3.8, 4) is 0 Å². The van der Waals surface area contributed by atoms with Crippen molar-refractivity contribution in [1.82, 2.24) is 5.48 Å². The summed E-state index contributed by atoms with van der Waals surface area (Å²) in [5, 5.41) is 8.19. The van der Waals surface area contributed by atoms with Crippen molar-refractivity contribution in [1.29, 1.82) is 0 Å². The van der Waals surface area contributed by atoms with Crippen LogP contribution < -0.4 is 5.48 Å². The fraction of sp³-hybridized carbons (Fsp3) is 0.857. The molecule has 0 aliphatic rings. The Kier molecular flexibility index (Phi) is 3.89. The van der Waals surface area contributed by atoms with E-state index in [2.05, 4.69) is 0 Å². The van der Waals surface area contributed by atoms with Crippen LogP contribution in [0.3, 0.4) is 0 Å². The maximum atomic E-state index is 11.0. The SMILES string of the molecule is CSC(C(=O)NO)C(C)(C)C. The fourth-order valence-electron chi connectivity index (χ4n) is 0.913. The summed E-state index contributed by atoms with van der Waals surface area (Å²) in [7, 11) is 0. The molecular weight excluding hydrogens is 162 g/mol. The minimum Gasteiger partial charge on any atom is -0.289 e. The van der Waals surface area contributed by atoms with Crippen LogP contribution in [0.4, 0.5) is 0 Å². The highest BCUT2D eigenvalue weighted by atomic mass is 32.2. The zero-order valence-corrected chi connectivity index (χ0v) is 8.16. The van der Waals surface area contributed by atoms with E-state index in [4.69, 9.17) is 5.21 Å². The molecule has 0 saturated heterocycles. The van der Waals surface area contributed by atoms with Gasteiger partial charge in [0.1, 0.15) is 0 Å². The van der Waals surface area contributed by atoms with Gasteiger partial charge < -0.3 is 0 Å². The third kappa shape index (κ3) is 3.12. The van der Waals surface area contributed by atoms with Crippen LogP contribution in [0.15, 0.2) is 0 Å². The molecule has 1 atom stereocenters. The van der Waals surface area contributed by atoms with Crippen LogP contribution in [0, 0.1) is 5.41 Å². The van der Waals surface area contributed by atoms with Crippen LogP contribution in [0.1, 0.15) is 20.8 Å². The lowest BCUT2D eigenvalue weighted by molar-refractivity contribution is -0.130. The van der Waals surface area contributed by atoms with Crippen LogP contribution in [-0.4, -0.2) is 22.6 Å². The molecule has 0 aromatic carbocycles. The summed E-state index contributed by atoms with van der Waals surface area (Å²) in [4.78, 5) is 11.0. The van der Waals surface area contributed by atoms with Crippen LogP contribution >= 0.6 is 11.8 Å². The van der Waals surface area contributed by atoms with Gasteiger partial charge in [-0.2, -0.15) is 11.8 Å². The lowest BCUT2D eigenvalue weighted by Crippen LogP contribution is -2.38. The molecule has 1 unspecified atom stereocenters. The van der Waals surface area contributed by atoms with Gasteiger partial charge in [-0.1, -0.05) is 20.8 Å². The van der Waals surface area contributed by atoms with Crippen LogP contribution in [0.25, 0.3) is 0 Å². The number of hydroxylamine groups is 1. The molecule has 2 N–H and O–H groups in total. The first kappa shape index (κ1) is 10.8. The Morgan fingerprint density at radius 1 is 1.55 bits per heavy atom. The molecule has 0 heterocycles. The minimum absolute atomic E-state index is 0.119. The van der Waals surface area contributed by atoms with Gasteiger partial charge in [-0.25, -0.2) is 5.48 Å². The maximum absolute atomic E-state index is 11.0. The quantitative estimate of drug-likeness (QED) is 0.493. The van der Waals surface area contributed by atoms with Crippen LogP contribution in [0.2, 0.25) is 0 Å². The molecule has 1 amide bonds. The molecule has 0 aliphatic carbocycles. The Morgan fingerprint density at radius 2 is 2.00 bits per heavy atom. The molecule has 0 aromatic rings. The number of carbonyl (C=O) groups excluding carboxylic acids is 1. The molecule has 0 aliphatic heterocycles. The Morgan fingerprint density at radius 3 is 2.09 bits per heavy atom. The van der Waals surface area contributed by atoms with E-state index in [1.165, 1.54) is 11.8 Å². The second kappa shape index (κ2) is 3.97. The minimum atomic E-state index is -0.329. The average molecular weight is 177 g/mol. The third-order valence-corrected chi connectivity index (χ3v) is 2.76. The molecule has 66 valence electrons. The number of hydrogen-bond donors (Lipinski definition) is 2. The average Bonchev–Trinajstić information content (AvgIpc) is 1.86. The van der Waals surface area contributed by atoms with Crippen molar-refractivity contribution in [3.05, 3.63) is 0 Å². The Bertz CT molecular complexity index is 142. The molecule has 0 aromatic heterocycles. The van der Waals surface area contributed by atoms with Crippen LogP contribution in [0.5, 0.6) is 0 Å². The summed E-state index contributed by atoms with van der Waals surface area (Å²) in [6.45, 7) is 5.89. The first-order valence-corrected chi connectivity index (χ1v) is 4.69. The Balaban J connectivity index is 4.29. The number of amides is 1. The molecule has 0 radical (unpaired) electrons. The number of thioether (sulfide) groups is 1. The highest BCUT2D eigenvalue weighted by Crippen LogP contribution is 2.28. The molecule has 0 fully saturated rings. The molecule has 0 bridgehead atoms. The molecule has 0 spiro atoms. The van der Waals surface area contributed by atoms with Gasteiger partial charge in [-0.3, -0.25) is 10.0 Å². The van der Waals surface area contributed by atoms with Crippen molar-refractivity contribution in [2.75, 3.05) is 6.26 Å². The van der Waals surface area contributed by atoms with Gasteiger partial charge in [0.2, 0.25) is 0 Å². The normalized spacial score (nSPS) is 14.3. The van der Waals surface area contributed by atoms with E-state index >= 15 is 0 Å². The summed E-state index contributed by atoms with van der Waals surface area (Å²) in [6, 6.07) is 0. The van der Waals surface area contributed by atoms with E-state index in [0.29, 0.717) is 0 Å². The fourth-order valence-corrected chi connectivity index (χ4v) is 1.89. The summed E-state index contributed by atoms with van der Waals surface area (Å²) < 4.78 is 0. The Labute approximate surface area is 71.5 Å². The molecule has 0 rings (SSSR count). The van der Waals surface area contributed by atoms with Crippen molar-refractivity contribution in [3.63, 3.8) is 0 Å². The number of carbonyl (C=O) groups is 1. The number of rotatable bonds is 2. The predicted octanol–water partition coefficient (Wildman–Crippen LogP) is 1.27. The first-order chi connectivity index (χ1) is 4.93. The number of nitrogens with one attached hydrogen (secondary N) is 1. The summed E-state index contributed by atoms with van der Waals surface area (Å²) in [5.74, 6) is -0.329. The van der Waals surface area contributed by atoms with E-state index in [9.17, 15) is 4.79 Å². The molecule has 4 heteroatoms. The largest absolute Gasteiger partial charge is 0.289 e. The predicted molar refractivity (Wildman–Crippen MR) is 46.7 cm³/mol. The molecule has 3 nitrogen and oxygen atoms in total. The zero-order valence-electron chi connectivity index (χ0n) is 7.34. The molecule has 11 heavy (non-hydrogen) atoms. The van der Waals surface area contributed by atoms with Gasteiger partial charge in [0.05, 0.1) is 5.25 Å². The van der Waals surface area contributed by atoms with E-state index in [1.807, 2.05) is 27.0 Å². The van der Waals surface area contributed by atoms with E-state index in [0.717, 1.165) is 0 Å². The van der Waals surface area contributed by atoms with Crippen LogP contribution in [-0.2, 0) is 4.79 Å². The van der Waals surface area contributed by atoms with Crippen molar-refractivity contribution in [2.24, 2.45) is 5.41 Å². The van der Waals surface area contributed by atoms with E-state index < -0.39 is 0 Å². The lowest BCUT2D eigenvalue weighted by Gasteiger charge is -2.26. The van der Waals surface area contributed by atoms with Gasteiger partial charge in [0.25, 0.3) is 5.91 Å². The summed E-state index contributed by atoms with van der Waals surface area (Å²) >= 11 is 1.44. The summed E-state index contributed by atoms with van der Waals surface area (Å²) in [6.07, 6.45) is 1.85. The van der Waals surface area contributed by atoms with Gasteiger partial charge in [-0.05, 0) is 11.7 Å². The first-order valence-electron chi connectivity index (χ1n) is 3.40. The van der Waals surface area contributed by atoms with Crippen molar-refractivity contribution in [2.45, 2.75) is 26.0 Å². The summed E-state index contributed by atoms with van der Waals surface area (Å²) in [5.41, 5.74) is 1.54. The monoisotopic (exact) mass is 177 g/mol. The standard InChI is InChI=1S/C7H15NO2S/c1-7(2,3)5(11-4)6(9)8-10/h5,10H,1-4H3,(H,8,9). The van der Waals surface area contributed by atoms with Gasteiger partial charge >= 0.3 is 0 Å². The Hall–Kier alpha value is -0.220. The van der Waals surface area contributed by atoms with E-state index in [1.54, 1.807) is 5.48 Å². The third-order valence-electron chi connectivity index (χ3n) is 1.37. The smallest absolute Gasteiger partial charge is 0.256 e. The lowest BCUT2D eigenvalue weighted by atomic mass is 9.91. The zero-order chi connectivity index (χ0) is 9.07.